The number of ether oxygens (including phenoxy) is 1. The lowest BCUT2D eigenvalue weighted by molar-refractivity contribution is -0.262. The molecule has 0 bridgehead atoms. The minimum atomic E-state index is -2.07. The summed E-state index contributed by atoms with van der Waals surface area (Å²) in [5.74, 6) is 0. The fraction of sp³-hybridized carbons (Fsp3) is 1.00. The summed E-state index contributed by atoms with van der Waals surface area (Å²) < 4.78 is 16.9. The van der Waals surface area contributed by atoms with Crippen LogP contribution in [0.4, 0.5) is 4.39 Å². The molecular weight excluding hydrogens is 171 g/mol. The zero-order valence-corrected chi connectivity index (χ0v) is 6.17. The van der Waals surface area contributed by atoms with Gasteiger partial charge in [0.25, 0.3) is 0 Å². The van der Waals surface area contributed by atoms with E-state index in [2.05, 4.69) is 4.74 Å². The Kier molecular flexibility index (Phi) is 2.97. The average molecular weight is 182 g/mol. The Balaban J connectivity index is 2.63. The highest BCUT2D eigenvalue weighted by atomic mass is 19.1. The lowest BCUT2D eigenvalue weighted by atomic mass is 10.00. The molecule has 6 heteroatoms. The normalized spacial score (nSPS) is 49.2. The third kappa shape index (κ3) is 1.57. The van der Waals surface area contributed by atoms with E-state index in [4.69, 9.17) is 20.4 Å². The van der Waals surface area contributed by atoms with Gasteiger partial charge in [0.05, 0.1) is 6.61 Å². The maximum absolute atomic E-state index is 12.6. The maximum Gasteiger partial charge on any atom is 0.228 e. The van der Waals surface area contributed by atoms with Crippen LogP contribution in [0.5, 0.6) is 0 Å². The van der Waals surface area contributed by atoms with Crippen molar-refractivity contribution in [1.82, 2.24) is 0 Å². The van der Waals surface area contributed by atoms with Crippen molar-refractivity contribution in [3.8, 4) is 0 Å². The van der Waals surface area contributed by atoms with E-state index in [-0.39, 0.29) is 0 Å². The molecule has 0 amide bonds. The molecule has 1 unspecified atom stereocenters. The van der Waals surface area contributed by atoms with E-state index in [0.29, 0.717) is 0 Å². The van der Waals surface area contributed by atoms with Crippen LogP contribution < -0.4 is 0 Å². The highest BCUT2D eigenvalue weighted by Gasteiger charge is 2.43. The van der Waals surface area contributed by atoms with Crippen molar-refractivity contribution in [2.45, 2.75) is 30.8 Å². The van der Waals surface area contributed by atoms with Crippen LogP contribution in [0, 0.1) is 0 Å². The molecule has 5 atom stereocenters. The largest absolute Gasteiger partial charge is 0.394 e. The second-order valence-electron chi connectivity index (χ2n) is 2.68. The van der Waals surface area contributed by atoms with Gasteiger partial charge >= 0.3 is 0 Å². The minimum Gasteiger partial charge on any atom is -0.394 e. The summed E-state index contributed by atoms with van der Waals surface area (Å²) in [6.45, 7) is -0.606. The van der Waals surface area contributed by atoms with Gasteiger partial charge in [0.2, 0.25) is 6.36 Å². The molecule has 0 spiro atoms. The van der Waals surface area contributed by atoms with Gasteiger partial charge in [0, 0.05) is 0 Å². The second kappa shape index (κ2) is 3.63. The first kappa shape index (κ1) is 9.82. The molecule has 0 aromatic heterocycles. The second-order valence-corrected chi connectivity index (χ2v) is 2.68. The molecule has 0 aromatic rings. The van der Waals surface area contributed by atoms with E-state index in [1.165, 1.54) is 0 Å². The van der Waals surface area contributed by atoms with Crippen LogP contribution in [0.1, 0.15) is 0 Å². The molecule has 0 aliphatic carbocycles. The van der Waals surface area contributed by atoms with Gasteiger partial charge in [-0.1, -0.05) is 0 Å². The van der Waals surface area contributed by atoms with Gasteiger partial charge in [0.15, 0.2) is 0 Å². The fourth-order valence-corrected chi connectivity index (χ4v) is 1.06. The Bertz CT molecular complexity index is 150. The molecule has 1 saturated heterocycles. The van der Waals surface area contributed by atoms with Crippen LogP contribution in [0.25, 0.3) is 0 Å². The van der Waals surface area contributed by atoms with Gasteiger partial charge in [-0.25, -0.2) is 4.39 Å². The van der Waals surface area contributed by atoms with Crippen LogP contribution in [0.2, 0.25) is 0 Å². The molecule has 1 heterocycles. The molecule has 5 nitrogen and oxygen atoms in total. The topological polar surface area (TPSA) is 90.2 Å². The van der Waals surface area contributed by atoms with E-state index < -0.39 is 37.4 Å². The Morgan fingerprint density at radius 2 is 1.67 bits per heavy atom. The zero-order chi connectivity index (χ0) is 9.30. The maximum atomic E-state index is 12.6. The highest BCUT2D eigenvalue weighted by molar-refractivity contribution is 4.88. The zero-order valence-electron chi connectivity index (χ0n) is 6.17. The molecule has 1 aliphatic rings. The van der Waals surface area contributed by atoms with Gasteiger partial charge in [-0.2, -0.15) is 0 Å². The van der Waals surface area contributed by atoms with E-state index in [9.17, 15) is 4.39 Å². The van der Waals surface area contributed by atoms with Gasteiger partial charge in [-0.15, -0.1) is 0 Å². The van der Waals surface area contributed by atoms with Crippen molar-refractivity contribution in [1.29, 1.82) is 0 Å². The number of hydrogen-bond donors (Lipinski definition) is 4. The summed E-state index contributed by atoms with van der Waals surface area (Å²) in [7, 11) is 0. The summed E-state index contributed by atoms with van der Waals surface area (Å²) in [4.78, 5) is 0. The molecule has 12 heavy (non-hydrogen) atoms. The quantitative estimate of drug-likeness (QED) is 0.368. The summed E-state index contributed by atoms with van der Waals surface area (Å²) in [5.41, 5.74) is 0. The molecule has 4 N–H and O–H groups in total. The predicted octanol–water partition coefficient (Wildman–Crippen LogP) is -2.24. The molecule has 72 valence electrons. The Morgan fingerprint density at radius 3 is 2.17 bits per heavy atom. The number of rotatable bonds is 1. The third-order valence-electron chi connectivity index (χ3n) is 1.83. The Labute approximate surface area is 68.0 Å². The molecule has 1 rings (SSSR count). The van der Waals surface area contributed by atoms with E-state index in [1.54, 1.807) is 0 Å². The van der Waals surface area contributed by atoms with Crippen molar-refractivity contribution in [2.75, 3.05) is 6.61 Å². The van der Waals surface area contributed by atoms with Crippen LogP contribution in [0.15, 0.2) is 0 Å². The number of aliphatic hydroxyl groups is 4. The average Bonchev–Trinajstić information content (AvgIpc) is 2.08. The van der Waals surface area contributed by atoms with Gasteiger partial charge < -0.3 is 25.2 Å². The number of aliphatic hydroxyl groups excluding tert-OH is 4. The van der Waals surface area contributed by atoms with Crippen molar-refractivity contribution >= 4 is 0 Å². The van der Waals surface area contributed by atoms with Crippen molar-refractivity contribution in [2.24, 2.45) is 0 Å². The van der Waals surface area contributed by atoms with Crippen molar-refractivity contribution in [3.63, 3.8) is 0 Å². The summed E-state index contributed by atoms with van der Waals surface area (Å²) in [6, 6.07) is 0. The molecule has 1 fully saturated rings. The third-order valence-corrected chi connectivity index (χ3v) is 1.83. The lowest BCUT2D eigenvalue weighted by Gasteiger charge is -2.36. The summed E-state index contributed by atoms with van der Waals surface area (Å²) in [5, 5.41) is 35.4. The van der Waals surface area contributed by atoms with Gasteiger partial charge in [0.1, 0.15) is 24.4 Å². The Morgan fingerprint density at radius 1 is 1.08 bits per heavy atom. The monoisotopic (exact) mass is 182 g/mol. The smallest absolute Gasteiger partial charge is 0.228 e. The highest BCUT2D eigenvalue weighted by Crippen LogP contribution is 2.21. The lowest BCUT2D eigenvalue weighted by Crippen LogP contribution is -2.57. The van der Waals surface area contributed by atoms with Crippen LogP contribution in [0.3, 0.4) is 0 Å². The van der Waals surface area contributed by atoms with E-state index >= 15 is 0 Å². The molecular formula is C6H11FO5. The Hall–Kier alpha value is -0.270. The summed E-state index contributed by atoms with van der Waals surface area (Å²) >= 11 is 0. The first-order valence-electron chi connectivity index (χ1n) is 3.52. The fourth-order valence-electron chi connectivity index (χ4n) is 1.06. The first-order chi connectivity index (χ1) is 5.57. The van der Waals surface area contributed by atoms with Crippen LogP contribution >= 0.6 is 0 Å². The first-order valence-corrected chi connectivity index (χ1v) is 3.52. The van der Waals surface area contributed by atoms with E-state index in [1.807, 2.05) is 0 Å². The van der Waals surface area contributed by atoms with Gasteiger partial charge in [-0.05, 0) is 0 Å². The van der Waals surface area contributed by atoms with Crippen LogP contribution in [-0.2, 0) is 4.74 Å². The minimum absolute atomic E-state index is 0.606. The van der Waals surface area contributed by atoms with Gasteiger partial charge in [-0.3, -0.25) is 0 Å². The molecule has 0 radical (unpaired) electrons. The van der Waals surface area contributed by atoms with Crippen LogP contribution in [-0.4, -0.2) is 57.8 Å². The number of hydrogen-bond acceptors (Lipinski definition) is 5. The molecule has 0 saturated carbocycles. The van der Waals surface area contributed by atoms with E-state index in [0.717, 1.165) is 0 Å². The number of halogens is 1. The SMILES string of the molecule is OC[C@@H]1OC(F)[C@@H](O)[C@H](O)[C@H]1O. The predicted molar refractivity (Wildman–Crippen MR) is 34.9 cm³/mol. The standard InChI is InChI=1S/C6H11FO5/c7-6-5(11)4(10)3(9)2(1-8)12-6/h2-6,8-11H,1H2/t2-,3-,4+,5-,6?/m0/s1. The molecule has 1 aliphatic heterocycles. The molecule has 0 aromatic carbocycles. The van der Waals surface area contributed by atoms with Crippen molar-refractivity contribution in [3.05, 3.63) is 0 Å². The summed E-state index contributed by atoms with van der Waals surface area (Å²) in [6.07, 6.45) is -8.09. The van der Waals surface area contributed by atoms with Crippen molar-refractivity contribution < 1.29 is 29.6 Å². The number of alkyl halides is 1.